The minimum Gasteiger partial charge on any atom is -0.378 e. The highest BCUT2D eigenvalue weighted by molar-refractivity contribution is 6.00. The van der Waals surface area contributed by atoms with E-state index in [0.717, 1.165) is 29.8 Å². The third-order valence-electron chi connectivity index (χ3n) is 4.57. The molecule has 0 aliphatic carbocycles. The Balaban J connectivity index is 1.71. The Morgan fingerprint density at radius 1 is 1.04 bits per heavy atom. The molecule has 2 fully saturated rings. The summed E-state index contributed by atoms with van der Waals surface area (Å²) in [6.45, 7) is 4.58. The van der Waals surface area contributed by atoms with E-state index in [0.29, 0.717) is 31.9 Å². The van der Waals surface area contributed by atoms with Crippen LogP contribution in [-0.4, -0.2) is 60.2 Å². The molecule has 6 nitrogen and oxygen atoms in total. The predicted molar refractivity (Wildman–Crippen MR) is 87.7 cm³/mol. The maximum absolute atomic E-state index is 12.7. The van der Waals surface area contributed by atoms with E-state index in [4.69, 9.17) is 4.74 Å². The second-order valence-electron chi connectivity index (χ2n) is 6.03. The average Bonchev–Trinajstić information content (AvgIpc) is 3.15. The molecule has 2 aliphatic heterocycles. The number of carbonyl (C=O) groups is 1. The van der Waals surface area contributed by atoms with Crippen LogP contribution in [0.15, 0.2) is 24.5 Å². The SMILES string of the molecule is O=C(c1ccc2ncnc(N3CCCC3)c2c1)N1CCOCC1. The molecule has 2 aliphatic rings. The summed E-state index contributed by atoms with van der Waals surface area (Å²) in [5.74, 6) is 1.01. The summed E-state index contributed by atoms with van der Waals surface area (Å²) in [4.78, 5) is 25.6. The van der Waals surface area contributed by atoms with Crippen molar-refractivity contribution in [3.8, 4) is 0 Å². The summed E-state index contributed by atoms with van der Waals surface area (Å²) in [6.07, 6.45) is 4.00. The van der Waals surface area contributed by atoms with Gasteiger partial charge in [0.15, 0.2) is 0 Å². The van der Waals surface area contributed by atoms with Crippen molar-refractivity contribution in [3.05, 3.63) is 30.1 Å². The molecule has 0 radical (unpaired) electrons. The molecular formula is C17H20N4O2. The third-order valence-corrected chi connectivity index (χ3v) is 4.57. The molecule has 120 valence electrons. The first-order chi connectivity index (χ1) is 11.3. The number of hydrogen-bond donors (Lipinski definition) is 0. The Bertz CT molecular complexity index is 722. The monoisotopic (exact) mass is 312 g/mol. The number of rotatable bonds is 2. The standard InChI is InChI=1S/C17H20N4O2/c22-17(21-7-9-23-10-8-21)13-3-4-15-14(11-13)16(19-12-18-15)20-5-1-2-6-20/h3-4,11-12H,1-2,5-10H2. The van der Waals surface area contributed by atoms with Gasteiger partial charge < -0.3 is 14.5 Å². The number of hydrogen-bond acceptors (Lipinski definition) is 5. The largest absolute Gasteiger partial charge is 0.378 e. The molecule has 0 unspecified atom stereocenters. The van der Waals surface area contributed by atoms with Crippen LogP contribution in [0, 0.1) is 0 Å². The van der Waals surface area contributed by atoms with Crippen LogP contribution in [0.4, 0.5) is 5.82 Å². The molecule has 6 heteroatoms. The molecule has 1 aromatic heterocycles. The fourth-order valence-corrected chi connectivity index (χ4v) is 3.31. The lowest BCUT2D eigenvalue weighted by molar-refractivity contribution is 0.0303. The zero-order chi connectivity index (χ0) is 15.6. The summed E-state index contributed by atoms with van der Waals surface area (Å²) in [7, 11) is 0. The number of nitrogens with zero attached hydrogens (tertiary/aromatic N) is 4. The smallest absolute Gasteiger partial charge is 0.254 e. The first-order valence-electron chi connectivity index (χ1n) is 8.20. The van der Waals surface area contributed by atoms with Crippen molar-refractivity contribution in [3.63, 3.8) is 0 Å². The van der Waals surface area contributed by atoms with Crippen LogP contribution < -0.4 is 4.90 Å². The molecule has 23 heavy (non-hydrogen) atoms. The van der Waals surface area contributed by atoms with Gasteiger partial charge >= 0.3 is 0 Å². The molecule has 0 spiro atoms. The summed E-state index contributed by atoms with van der Waals surface area (Å²) >= 11 is 0. The van der Waals surface area contributed by atoms with Crippen molar-refractivity contribution in [1.82, 2.24) is 14.9 Å². The minimum absolute atomic E-state index is 0.0615. The van der Waals surface area contributed by atoms with Crippen LogP contribution >= 0.6 is 0 Å². The van der Waals surface area contributed by atoms with Crippen LogP contribution in [0.1, 0.15) is 23.2 Å². The van der Waals surface area contributed by atoms with Gasteiger partial charge in [-0.25, -0.2) is 9.97 Å². The van der Waals surface area contributed by atoms with Crippen molar-refractivity contribution >= 4 is 22.6 Å². The molecule has 2 aromatic rings. The maximum Gasteiger partial charge on any atom is 0.254 e. The van der Waals surface area contributed by atoms with Crippen LogP contribution in [0.25, 0.3) is 10.9 Å². The molecule has 1 aromatic carbocycles. The summed E-state index contributed by atoms with van der Waals surface area (Å²) in [5.41, 5.74) is 1.59. The Morgan fingerprint density at radius 2 is 1.83 bits per heavy atom. The Hall–Kier alpha value is -2.21. The number of morpholine rings is 1. The highest BCUT2D eigenvalue weighted by atomic mass is 16.5. The number of amides is 1. The molecule has 4 rings (SSSR count). The van der Waals surface area contributed by atoms with Crippen LogP contribution in [-0.2, 0) is 4.74 Å². The van der Waals surface area contributed by atoms with Crippen LogP contribution in [0.2, 0.25) is 0 Å². The quantitative estimate of drug-likeness (QED) is 0.845. The average molecular weight is 312 g/mol. The van der Waals surface area contributed by atoms with E-state index in [9.17, 15) is 4.79 Å². The Morgan fingerprint density at radius 3 is 2.61 bits per heavy atom. The van der Waals surface area contributed by atoms with Gasteiger partial charge in [-0.1, -0.05) is 0 Å². The van der Waals surface area contributed by atoms with Crippen molar-refractivity contribution in [2.24, 2.45) is 0 Å². The fourth-order valence-electron chi connectivity index (χ4n) is 3.31. The lowest BCUT2D eigenvalue weighted by Gasteiger charge is -2.27. The number of carbonyl (C=O) groups excluding carboxylic acids is 1. The molecule has 1 amide bonds. The zero-order valence-corrected chi connectivity index (χ0v) is 13.1. The number of fused-ring (bicyclic) bond motifs is 1. The predicted octanol–water partition coefficient (Wildman–Crippen LogP) is 1.70. The molecule has 0 bridgehead atoms. The highest BCUT2D eigenvalue weighted by Gasteiger charge is 2.21. The van der Waals surface area contributed by atoms with Gasteiger partial charge in [0, 0.05) is 37.1 Å². The third kappa shape index (κ3) is 2.74. The Kier molecular flexibility index (Phi) is 3.83. The maximum atomic E-state index is 12.7. The van der Waals surface area contributed by atoms with Crippen molar-refractivity contribution in [2.75, 3.05) is 44.3 Å². The van der Waals surface area contributed by atoms with Crippen LogP contribution in [0.5, 0.6) is 0 Å². The fraction of sp³-hybridized carbons (Fsp3) is 0.471. The van der Waals surface area contributed by atoms with E-state index < -0.39 is 0 Å². The van der Waals surface area contributed by atoms with Gasteiger partial charge in [-0.15, -0.1) is 0 Å². The highest BCUT2D eigenvalue weighted by Crippen LogP contribution is 2.27. The van der Waals surface area contributed by atoms with Gasteiger partial charge in [-0.3, -0.25) is 4.79 Å². The van der Waals surface area contributed by atoms with E-state index in [1.165, 1.54) is 12.8 Å². The van der Waals surface area contributed by atoms with Crippen molar-refractivity contribution in [2.45, 2.75) is 12.8 Å². The molecule has 0 atom stereocenters. The molecule has 0 N–H and O–H groups in total. The van der Waals surface area contributed by atoms with Gasteiger partial charge in [0.1, 0.15) is 12.1 Å². The molecule has 2 saturated heterocycles. The number of aromatic nitrogens is 2. The first-order valence-corrected chi connectivity index (χ1v) is 8.20. The topological polar surface area (TPSA) is 58.6 Å². The lowest BCUT2D eigenvalue weighted by atomic mass is 10.1. The van der Waals surface area contributed by atoms with E-state index in [-0.39, 0.29) is 5.91 Å². The van der Waals surface area contributed by atoms with Crippen LogP contribution in [0.3, 0.4) is 0 Å². The molecule has 3 heterocycles. The lowest BCUT2D eigenvalue weighted by Crippen LogP contribution is -2.40. The summed E-state index contributed by atoms with van der Waals surface area (Å²) < 4.78 is 5.32. The normalized spacial score (nSPS) is 18.6. The Labute approximate surface area is 135 Å². The minimum atomic E-state index is 0.0615. The first kappa shape index (κ1) is 14.4. The number of ether oxygens (including phenoxy) is 1. The number of anilines is 1. The summed E-state index contributed by atoms with van der Waals surface area (Å²) in [6, 6.07) is 5.73. The van der Waals surface area contributed by atoms with Gasteiger partial charge in [0.05, 0.1) is 18.7 Å². The van der Waals surface area contributed by atoms with E-state index in [1.807, 2.05) is 23.1 Å². The number of benzene rings is 1. The summed E-state index contributed by atoms with van der Waals surface area (Å²) in [5, 5.41) is 0.966. The van der Waals surface area contributed by atoms with Crippen molar-refractivity contribution in [1.29, 1.82) is 0 Å². The van der Waals surface area contributed by atoms with Gasteiger partial charge in [-0.05, 0) is 31.0 Å². The van der Waals surface area contributed by atoms with Gasteiger partial charge in [0.25, 0.3) is 5.91 Å². The van der Waals surface area contributed by atoms with E-state index in [1.54, 1.807) is 6.33 Å². The van der Waals surface area contributed by atoms with E-state index in [2.05, 4.69) is 14.9 Å². The molecular weight excluding hydrogens is 292 g/mol. The second kappa shape index (κ2) is 6.12. The zero-order valence-electron chi connectivity index (χ0n) is 13.1. The van der Waals surface area contributed by atoms with Gasteiger partial charge in [-0.2, -0.15) is 0 Å². The second-order valence-corrected chi connectivity index (χ2v) is 6.03. The molecule has 0 saturated carbocycles. The van der Waals surface area contributed by atoms with Crippen molar-refractivity contribution < 1.29 is 9.53 Å². The van der Waals surface area contributed by atoms with Gasteiger partial charge in [0.2, 0.25) is 0 Å². The van der Waals surface area contributed by atoms with E-state index >= 15 is 0 Å².